The summed E-state index contributed by atoms with van der Waals surface area (Å²) >= 11 is 0. The number of anilines is 1. The van der Waals surface area contributed by atoms with Crippen molar-refractivity contribution >= 4 is 17.5 Å². The number of carbonyl (C=O) groups is 2. The average Bonchev–Trinajstić information content (AvgIpc) is 3.20. The molecule has 3 fully saturated rings. The van der Waals surface area contributed by atoms with Gasteiger partial charge in [0.25, 0.3) is 0 Å². The molecule has 0 radical (unpaired) electrons. The van der Waals surface area contributed by atoms with E-state index in [2.05, 4.69) is 12.2 Å². The quantitative estimate of drug-likeness (QED) is 0.588. The summed E-state index contributed by atoms with van der Waals surface area (Å²) in [7, 11) is 0. The Bertz CT molecular complexity index is 764. The second-order valence-corrected chi connectivity index (χ2v) is 7.20. The number of hydrogen-bond donors (Lipinski definition) is 0. The van der Waals surface area contributed by atoms with Crippen LogP contribution < -0.4 is 14.4 Å². The third kappa shape index (κ3) is 1.35. The fraction of sp³-hybridized carbons (Fsp3) is 0.444. The zero-order valence-electron chi connectivity index (χ0n) is 12.3. The summed E-state index contributed by atoms with van der Waals surface area (Å²) in [5.41, 5.74) is 0.603. The molecule has 6 atom stereocenters. The molecular formula is C18H15NO4. The maximum atomic E-state index is 13.0. The van der Waals surface area contributed by atoms with Crippen LogP contribution in [-0.2, 0) is 9.59 Å². The van der Waals surface area contributed by atoms with Gasteiger partial charge in [-0.2, -0.15) is 0 Å². The van der Waals surface area contributed by atoms with Crippen LogP contribution in [0.25, 0.3) is 0 Å². The Balaban J connectivity index is 1.43. The predicted octanol–water partition coefficient (Wildman–Crippen LogP) is 1.97. The van der Waals surface area contributed by atoms with Crippen LogP contribution >= 0.6 is 0 Å². The van der Waals surface area contributed by atoms with Gasteiger partial charge in [-0.15, -0.1) is 0 Å². The molecule has 0 unspecified atom stereocenters. The Kier molecular flexibility index (Phi) is 2.00. The second kappa shape index (κ2) is 3.78. The molecule has 0 spiro atoms. The van der Waals surface area contributed by atoms with Gasteiger partial charge in [-0.1, -0.05) is 12.2 Å². The molecule has 1 aromatic carbocycles. The number of fused-ring (bicyclic) bond motifs is 1. The van der Waals surface area contributed by atoms with Crippen LogP contribution in [0.5, 0.6) is 11.5 Å². The van der Waals surface area contributed by atoms with E-state index in [-0.39, 0.29) is 42.3 Å². The van der Waals surface area contributed by atoms with Crippen LogP contribution in [0.3, 0.4) is 0 Å². The Morgan fingerprint density at radius 3 is 2.26 bits per heavy atom. The van der Waals surface area contributed by atoms with Gasteiger partial charge in [0.15, 0.2) is 11.5 Å². The first-order valence-electron chi connectivity index (χ1n) is 8.20. The van der Waals surface area contributed by atoms with E-state index in [1.54, 1.807) is 18.2 Å². The van der Waals surface area contributed by atoms with Crippen LogP contribution in [0.2, 0.25) is 0 Å². The summed E-state index contributed by atoms with van der Waals surface area (Å²) in [5, 5.41) is 0. The van der Waals surface area contributed by atoms with Crippen molar-refractivity contribution in [3.63, 3.8) is 0 Å². The van der Waals surface area contributed by atoms with Gasteiger partial charge in [0.05, 0.1) is 17.5 Å². The van der Waals surface area contributed by atoms with E-state index in [0.717, 1.165) is 0 Å². The minimum Gasteiger partial charge on any atom is -0.454 e. The summed E-state index contributed by atoms with van der Waals surface area (Å²) in [6.07, 6.45) is 5.56. The maximum Gasteiger partial charge on any atom is 0.238 e. The molecule has 1 saturated heterocycles. The summed E-state index contributed by atoms with van der Waals surface area (Å²) < 4.78 is 10.7. The Hall–Kier alpha value is -2.30. The van der Waals surface area contributed by atoms with Crippen molar-refractivity contribution in [3.05, 3.63) is 30.4 Å². The summed E-state index contributed by atoms with van der Waals surface area (Å²) in [4.78, 5) is 27.4. The molecule has 0 N–H and O–H groups in total. The third-order valence-corrected chi connectivity index (χ3v) is 6.28. The lowest BCUT2D eigenvalue weighted by molar-refractivity contribution is -0.124. The number of ether oxygens (including phenoxy) is 2. The number of benzene rings is 1. The van der Waals surface area contributed by atoms with Crippen molar-refractivity contribution in [3.8, 4) is 11.5 Å². The van der Waals surface area contributed by atoms with Gasteiger partial charge in [-0.25, -0.2) is 4.90 Å². The van der Waals surface area contributed by atoms with Gasteiger partial charge in [0, 0.05) is 6.07 Å². The first kappa shape index (κ1) is 12.2. The fourth-order valence-electron chi connectivity index (χ4n) is 5.24. The summed E-state index contributed by atoms with van der Waals surface area (Å²) in [6, 6.07) is 5.28. The highest BCUT2D eigenvalue weighted by Crippen LogP contribution is 2.65. The molecule has 1 aromatic rings. The SMILES string of the molecule is O=C1[C@@H]2[C@H]3C=C[C@@H]([C@@H]4C[C@@H]34)[C@@H]2C(=O)N1c1ccc2c(c1)OCO2. The zero-order valence-corrected chi connectivity index (χ0v) is 12.3. The van der Waals surface area contributed by atoms with Gasteiger partial charge < -0.3 is 9.47 Å². The van der Waals surface area contributed by atoms with Crippen LogP contribution in [-0.4, -0.2) is 18.6 Å². The lowest BCUT2D eigenvalue weighted by Gasteiger charge is -2.37. The number of nitrogens with zero attached hydrogens (tertiary/aromatic N) is 1. The molecule has 4 aliphatic carbocycles. The van der Waals surface area contributed by atoms with Crippen molar-refractivity contribution < 1.29 is 19.1 Å². The molecule has 2 aliphatic heterocycles. The second-order valence-electron chi connectivity index (χ2n) is 7.20. The van der Waals surface area contributed by atoms with E-state index < -0.39 is 0 Å². The van der Waals surface area contributed by atoms with E-state index >= 15 is 0 Å². The highest BCUT2D eigenvalue weighted by atomic mass is 16.7. The molecule has 2 saturated carbocycles. The number of carbonyl (C=O) groups excluding carboxylic acids is 2. The molecule has 0 aromatic heterocycles. The molecule has 7 rings (SSSR count). The number of imide groups is 1. The lowest BCUT2D eigenvalue weighted by atomic mass is 9.63. The first-order chi connectivity index (χ1) is 11.2. The highest BCUT2D eigenvalue weighted by molar-refractivity contribution is 6.22. The van der Waals surface area contributed by atoms with Gasteiger partial charge >= 0.3 is 0 Å². The zero-order chi connectivity index (χ0) is 15.3. The van der Waals surface area contributed by atoms with Gasteiger partial charge in [-0.05, 0) is 42.2 Å². The molecule has 5 nitrogen and oxygen atoms in total. The molecule has 116 valence electrons. The Labute approximate surface area is 132 Å². The van der Waals surface area contributed by atoms with Crippen molar-refractivity contribution in [2.45, 2.75) is 6.42 Å². The monoisotopic (exact) mass is 309 g/mol. The number of rotatable bonds is 1. The van der Waals surface area contributed by atoms with Gasteiger partial charge in [0.1, 0.15) is 0 Å². The minimum atomic E-state index is -0.160. The van der Waals surface area contributed by atoms with Gasteiger partial charge in [-0.3, -0.25) is 9.59 Å². The lowest BCUT2D eigenvalue weighted by Crippen LogP contribution is -2.40. The molecular weight excluding hydrogens is 294 g/mol. The van der Waals surface area contributed by atoms with E-state index in [4.69, 9.17) is 9.47 Å². The van der Waals surface area contributed by atoms with Crippen molar-refractivity contribution in [2.24, 2.45) is 35.5 Å². The molecule has 2 amide bonds. The number of amides is 2. The van der Waals surface area contributed by atoms with Crippen LogP contribution in [0.1, 0.15) is 6.42 Å². The average molecular weight is 309 g/mol. The van der Waals surface area contributed by atoms with E-state index in [1.807, 2.05) is 0 Å². The Morgan fingerprint density at radius 2 is 1.57 bits per heavy atom. The fourth-order valence-corrected chi connectivity index (χ4v) is 5.24. The number of hydrogen-bond acceptors (Lipinski definition) is 4. The largest absolute Gasteiger partial charge is 0.454 e. The molecule has 2 bridgehead atoms. The van der Waals surface area contributed by atoms with E-state index in [0.29, 0.717) is 29.0 Å². The molecule has 23 heavy (non-hydrogen) atoms. The summed E-state index contributed by atoms with van der Waals surface area (Å²) in [6.45, 7) is 0.184. The van der Waals surface area contributed by atoms with Crippen LogP contribution in [0.4, 0.5) is 5.69 Å². The standard InChI is InChI=1S/C18H15NO4/c20-17-15-9-2-3-10(12-6-11(9)12)16(15)18(21)19(17)8-1-4-13-14(5-8)23-7-22-13/h1-5,9-12,15-16H,6-7H2/t9-,10-,11-,12-,15-,16+/m0/s1. The maximum absolute atomic E-state index is 13.0. The molecule has 6 aliphatic rings. The van der Waals surface area contributed by atoms with Gasteiger partial charge in [0.2, 0.25) is 18.6 Å². The molecule has 5 heteroatoms. The van der Waals surface area contributed by atoms with E-state index in [1.165, 1.54) is 11.3 Å². The summed E-state index contributed by atoms with van der Waals surface area (Å²) in [5.74, 6) is 2.62. The third-order valence-electron chi connectivity index (χ3n) is 6.28. The number of allylic oxidation sites excluding steroid dienone is 2. The topological polar surface area (TPSA) is 55.8 Å². The first-order valence-corrected chi connectivity index (χ1v) is 8.20. The Morgan fingerprint density at radius 1 is 0.913 bits per heavy atom. The van der Waals surface area contributed by atoms with Crippen LogP contribution in [0.15, 0.2) is 30.4 Å². The van der Waals surface area contributed by atoms with Crippen molar-refractivity contribution in [1.82, 2.24) is 0 Å². The minimum absolute atomic E-state index is 0.0384. The normalized spacial score (nSPS) is 41.3. The highest BCUT2D eigenvalue weighted by Gasteiger charge is 2.67. The van der Waals surface area contributed by atoms with Crippen LogP contribution in [0, 0.1) is 35.5 Å². The molecule has 2 heterocycles. The van der Waals surface area contributed by atoms with E-state index in [9.17, 15) is 9.59 Å². The predicted molar refractivity (Wildman–Crippen MR) is 79.8 cm³/mol. The van der Waals surface area contributed by atoms with Crippen molar-refractivity contribution in [2.75, 3.05) is 11.7 Å². The smallest absolute Gasteiger partial charge is 0.238 e. The van der Waals surface area contributed by atoms with Crippen molar-refractivity contribution in [1.29, 1.82) is 0 Å².